The number of nitrogens with zero attached hydrogens (tertiary/aromatic N) is 2. The fraction of sp³-hybridized carbons (Fsp3) is 0.214. The number of rotatable bonds is 5. The summed E-state index contributed by atoms with van der Waals surface area (Å²) in [4.78, 5) is 19.4. The monoisotopic (exact) mass is 256 g/mol. The first-order valence-electron chi connectivity index (χ1n) is 6.11. The zero-order chi connectivity index (χ0) is 13.5. The molecule has 1 amide bonds. The van der Waals surface area contributed by atoms with E-state index in [0.717, 1.165) is 5.56 Å². The van der Waals surface area contributed by atoms with Crippen molar-refractivity contribution in [2.24, 2.45) is 5.73 Å². The Morgan fingerprint density at radius 2 is 1.89 bits per heavy atom. The van der Waals surface area contributed by atoms with Gasteiger partial charge in [-0.3, -0.25) is 4.79 Å². The fourth-order valence-electron chi connectivity index (χ4n) is 1.74. The highest BCUT2D eigenvalue weighted by molar-refractivity contribution is 5.90. The van der Waals surface area contributed by atoms with Crippen molar-refractivity contribution in [3.8, 4) is 0 Å². The zero-order valence-electron chi connectivity index (χ0n) is 10.5. The number of carbonyl (C=O) groups excluding carboxylic acids is 1. The predicted molar refractivity (Wildman–Crippen MR) is 73.3 cm³/mol. The Hall–Kier alpha value is -2.27. The summed E-state index contributed by atoms with van der Waals surface area (Å²) in [6, 6.07) is 9.63. The van der Waals surface area contributed by atoms with E-state index >= 15 is 0 Å². The lowest BCUT2D eigenvalue weighted by Crippen LogP contribution is -2.16. The molecule has 0 saturated carbocycles. The van der Waals surface area contributed by atoms with Crippen molar-refractivity contribution >= 4 is 11.6 Å². The molecular weight excluding hydrogens is 240 g/mol. The van der Waals surface area contributed by atoms with Gasteiger partial charge in [0.2, 0.25) is 5.91 Å². The summed E-state index contributed by atoms with van der Waals surface area (Å²) < 4.78 is 0. The van der Waals surface area contributed by atoms with E-state index < -0.39 is 0 Å². The number of nitrogens with two attached hydrogens (primary N) is 1. The largest absolute Gasteiger partial charge is 0.324 e. The van der Waals surface area contributed by atoms with Crippen LogP contribution in [0.2, 0.25) is 0 Å². The van der Waals surface area contributed by atoms with Gasteiger partial charge >= 0.3 is 0 Å². The zero-order valence-corrected chi connectivity index (χ0v) is 10.5. The van der Waals surface area contributed by atoms with Gasteiger partial charge in [-0.05, 0) is 12.0 Å². The van der Waals surface area contributed by atoms with Crippen LogP contribution in [0.4, 0.5) is 5.69 Å². The molecule has 2 rings (SSSR count). The summed E-state index contributed by atoms with van der Waals surface area (Å²) >= 11 is 0. The maximum Gasteiger partial charge on any atom is 0.224 e. The summed E-state index contributed by atoms with van der Waals surface area (Å²) in [5, 5.41) is 2.73. The number of aromatic nitrogens is 2. The second kappa shape index (κ2) is 6.61. The van der Waals surface area contributed by atoms with Gasteiger partial charge in [0.15, 0.2) is 0 Å². The molecule has 3 N–H and O–H groups in total. The summed E-state index contributed by atoms with van der Waals surface area (Å²) in [6.07, 6.45) is 5.50. The average Bonchev–Trinajstić information content (AvgIpc) is 2.47. The van der Waals surface area contributed by atoms with E-state index in [1.54, 1.807) is 12.4 Å². The molecule has 0 aliphatic carbocycles. The predicted octanol–water partition coefficient (Wildman–Crippen LogP) is 1.90. The van der Waals surface area contributed by atoms with Gasteiger partial charge in [-0.2, -0.15) is 0 Å². The number of amides is 1. The van der Waals surface area contributed by atoms with Gasteiger partial charge in [0, 0.05) is 12.5 Å². The van der Waals surface area contributed by atoms with Gasteiger partial charge in [0.25, 0.3) is 0 Å². The molecule has 2 aromatic rings. The Kier molecular flexibility index (Phi) is 4.58. The van der Waals surface area contributed by atoms with Crippen LogP contribution < -0.4 is 11.1 Å². The molecule has 0 saturated heterocycles. The summed E-state index contributed by atoms with van der Waals surface area (Å²) in [5.41, 5.74) is 7.67. The van der Waals surface area contributed by atoms with Crippen LogP contribution in [0.15, 0.2) is 49.1 Å². The van der Waals surface area contributed by atoms with Gasteiger partial charge in [-0.1, -0.05) is 30.3 Å². The normalized spacial score (nSPS) is 11.8. The maximum atomic E-state index is 11.7. The third-order valence-corrected chi connectivity index (χ3v) is 2.75. The van der Waals surface area contributed by atoms with Crippen molar-refractivity contribution in [2.45, 2.75) is 18.9 Å². The number of hydrogen-bond acceptors (Lipinski definition) is 4. The molecule has 1 aromatic heterocycles. The molecule has 1 atom stereocenters. The van der Waals surface area contributed by atoms with E-state index in [0.29, 0.717) is 18.5 Å². The molecule has 0 spiro atoms. The molecular formula is C14H16N4O. The fourth-order valence-corrected chi connectivity index (χ4v) is 1.74. The van der Waals surface area contributed by atoms with E-state index in [1.807, 2.05) is 30.3 Å². The van der Waals surface area contributed by atoms with Crippen molar-refractivity contribution in [1.82, 2.24) is 9.97 Å². The lowest BCUT2D eigenvalue weighted by atomic mass is 10.0. The first-order chi connectivity index (χ1) is 9.25. The molecule has 0 fully saturated rings. The number of carbonyl (C=O) groups is 1. The first-order valence-corrected chi connectivity index (χ1v) is 6.11. The van der Waals surface area contributed by atoms with Gasteiger partial charge in [-0.15, -0.1) is 0 Å². The van der Waals surface area contributed by atoms with Crippen LogP contribution in [-0.4, -0.2) is 15.9 Å². The quantitative estimate of drug-likeness (QED) is 0.856. The molecule has 5 heteroatoms. The first kappa shape index (κ1) is 13.2. The van der Waals surface area contributed by atoms with Crippen LogP contribution in [0.5, 0.6) is 0 Å². The summed E-state index contributed by atoms with van der Waals surface area (Å²) in [5.74, 6) is -0.0822. The molecule has 0 radical (unpaired) electrons. The molecule has 0 bridgehead atoms. The highest BCUT2D eigenvalue weighted by Crippen LogP contribution is 2.15. The molecule has 0 aliphatic rings. The van der Waals surface area contributed by atoms with Crippen molar-refractivity contribution in [1.29, 1.82) is 0 Å². The van der Waals surface area contributed by atoms with E-state index in [-0.39, 0.29) is 11.9 Å². The number of benzene rings is 1. The van der Waals surface area contributed by atoms with Gasteiger partial charge in [-0.25, -0.2) is 9.97 Å². The van der Waals surface area contributed by atoms with E-state index in [4.69, 9.17) is 5.73 Å². The molecule has 1 heterocycles. The molecule has 5 nitrogen and oxygen atoms in total. The van der Waals surface area contributed by atoms with E-state index in [1.165, 1.54) is 6.33 Å². The van der Waals surface area contributed by atoms with Crippen LogP contribution in [-0.2, 0) is 4.79 Å². The molecule has 1 unspecified atom stereocenters. The van der Waals surface area contributed by atoms with Gasteiger partial charge in [0.1, 0.15) is 6.33 Å². The minimum atomic E-state index is -0.126. The molecule has 98 valence electrons. The van der Waals surface area contributed by atoms with Crippen molar-refractivity contribution in [3.63, 3.8) is 0 Å². The van der Waals surface area contributed by atoms with Crippen LogP contribution in [0.25, 0.3) is 0 Å². The minimum absolute atomic E-state index is 0.0822. The third kappa shape index (κ3) is 4.15. The smallest absolute Gasteiger partial charge is 0.224 e. The Morgan fingerprint density at radius 3 is 2.58 bits per heavy atom. The SMILES string of the molecule is NC(CCC(=O)Nc1cncnc1)c1ccccc1. The average molecular weight is 256 g/mol. The standard InChI is InChI=1S/C14H16N4O/c15-13(11-4-2-1-3-5-11)6-7-14(19)18-12-8-16-10-17-9-12/h1-5,8-10,13H,6-7,15H2,(H,18,19). The van der Waals surface area contributed by atoms with Crippen LogP contribution in [0.1, 0.15) is 24.4 Å². The lowest BCUT2D eigenvalue weighted by Gasteiger charge is -2.11. The highest BCUT2D eigenvalue weighted by Gasteiger charge is 2.09. The molecule has 0 aliphatic heterocycles. The lowest BCUT2D eigenvalue weighted by molar-refractivity contribution is -0.116. The molecule has 1 aromatic carbocycles. The Bertz CT molecular complexity index is 515. The Balaban J connectivity index is 1.81. The van der Waals surface area contributed by atoms with Gasteiger partial charge in [0.05, 0.1) is 18.1 Å². The Morgan fingerprint density at radius 1 is 1.21 bits per heavy atom. The van der Waals surface area contributed by atoms with Crippen LogP contribution >= 0.6 is 0 Å². The molecule has 19 heavy (non-hydrogen) atoms. The van der Waals surface area contributed by atoms with Crippen molar-refractivity contribution < 1.29 is 4.79 Å². The third-order valence-electron chi connectivity index (χ3n) is 2.75. The van der Waals surface area contributed by atoms with Gasteiger partial charge < -0.3 is 11.1 Å². The van der Waals surface area contributed by atoms with E-state index in [9.17, 15) is 4.79 Å². The summed E-state index contributed by atoms with van der Waals surface area (Å²) in [6.45, 7) is 0. The number of nitrogens with one attached hydrogen (secondary N) is 1. The number of hydrogen-bond donors (Lipinski definition) is 2. The topological polar surface area (TPSA) is 80.9 Å². The van der Waals surface area contributed by atoms with Crippen LogP contribution in [0.3, 0.4) is 0 Å². The number of anilines is 1. The highest BCUT2D eigenvalue weighted by atomic mass is 16.1. The van der Waals surface area contributed by atoms with Crippen molar-refractivity contribution in [2.75, 3.05) is 5.32 Å². The maximum absolute atomic E-state index is 11.7. The minimum Gasteiger partial charge on any atom is -0.324 e. The Labute approximate surface area is 111 Å². The second-order valence-electron chi connectivity index (χ2n) is 4.23. The van der Waals surface area contributed by atoms with Crippen LogP contribution in [0, 0.1) is 0 Å². The van der Waals surface area contributed by atoms with E-state index in [2.05, 4.69) is 15.3 Å². The summed E-state index contributed by atoms with van der Waals surface area (Å²) in [7, 11) is 0. The van der Waals surface area contributed by atoms with Crippen molar-refractivity contribution in [3.05, 3.63) is 54.6 Å². The second-order valence-corrected chi connectivity index (χ2v) is 4.23.